The second-order valence-electron chi connectivity index (χ2n) is 6.79. The van der Waals surface area contributed by atoms with Gasteiger partial charge in [-0.1, -0.05) is 47.6 Å². The number of benzene rings is 2. The minimum Gasteiger partial charge on any atom is -0.496 e. The zero-order valence-corrected chi connectivity index (χ0v) is 16.4. The number of methoxy groups -OCH3 is 2. The van der Waals surface area contributed by atoms with Gasteiger partial charge in [0.15, 0.2) is 0 Å². The molecule has 0 aromatic heterocycles. The Kier molecular flexibility index (Phi) is 6.69. The zero-order chi connectivity index (χ0) is 18.4. The van der Waals surface area contributed by atoms with Crippen molar-refractivity contribution in [1.82, 2.24) is 0 Å². The van der Waals surface area contributed by atoms with E-state index >= 15 is 0 Å². The third-order valence-corrected chi connectivity index (χ3v) is 4.64. The maximum atomic E-state index is 5.79. The van der Waals surface area contributed by atoms with E-state index in [0.29, 0.717) is 0 Å². The molecule has 25 heavy (non-hydrogen) atoms. The third-order valence-electron chi connectivity index (χ3n) is 4.64. The van der Waals surface area contributed by atoms with Crippen LogP contribution in [0.15, 0.2) is 47.6 Å². The molecule has 2 aromatic carbocycles. The van der Waals surface area contributed by atoms with Crippen molar-refractivity contribution in [3.05, 3.63) is 58.7 Å². The Morgan fingerprint density at radius 2 is 1.52 bits per heavy atom. The number of hydrogen-bond donors (Lipinski definition) is 0. The van der Waals surface area contributed by atoms with Gasteiger partial charge < -0.3 is 9.47 Å². The smallest absolute Gasteiger partial charge is 0.130 e. The fraction of sp³-hybridized carbons (Fsp3) is 0.391. The van der Waals surface area contributed by atoms with Gasteiger partial charge in [-0.15, -0.1) is 0 Å². The normalized spacial score (nSPS) is 11.5. The molecular formula is C23H30O2. The molecule has 0 heterocycles. The van der Waals surface area contributed by atoms with Crippen LogP contribution < -0.4 is 9.47 Å². The van der Waals surface area contributed by atoms with Crippen LogP contribution in [0, 0.1) is 6.92 Å². The number of hydrogen-bond acceptors (Lipinski definition) is 2. The molecule has 0 saturated carbocycles. The van der Waals surface area contributed by atoms with E-state index in [-0.39, 0.29) is 0 Å². The average Bonchev–Trinajstić information content (AvgIpc) is 2.59. The van der Waals surface area contributed by atoms with Gasteiger partial charge in [0.25, 0.3) is 0 Å². The minimum absolute atomic E-state index is 0.858. The first-order chi connectivity index (χ1) is 12.0. The van der Waals surface area contributed by atoms with Gasteiger partial charge in [-0.2, -0.15) is 0 Å². The van der Waals surface area contributed by atoms with Crippen LogP contribution in [-0.4, -0.2) is 14.2 Å². The van der Waals surface area contributed by atoms with E-state index in [9.17, 15) is 0 Å². The topological polar surface area (TPSA) is 18.5 Å². The van der Waals surface area contributed by atoms with E-state index in [1.807, 2.05) is 12.1 Å². The summed E-state index contributed by atoms with van der Waals surface area (Å²) in [7, 11) is 3.49. The molecule has 0 bridgehead atoms. The predicted molar refractivity (Wildman–Crippen MR) is 108 cm³/mol. The Labute approximate surface area is 152 Å². The highest BCUT2D eigenvalue weighted by atomic mass is 16.5. The van der Waals surface area contributed by atoms with Crippen LogP contribution in [0.1, 0.15) is 44.7 Å². The SMILES string of the molecule is COc1c(C)c(C/C=C(/C)CCC=C(C)C)c(OC)c2ccccc12. The van der Waals surface area contributed by atoms with Crippen molar-refractivity contribution in [1.29, 1.82) is 0 Å². The fourth-order valence-corrected chi connectivity index (χ4v) is 3.26. The highest BCUT2D eigenvalue weighted by molar-refractivity contribution is 5.96. The highest BCUT2D eigenvalue weighted by Gasteiger charge is 2.17. The molecule has 0 atom stereocenters. The molecule has 0 aliphatic heterocycles. The van der Waals surface area contributed by atoms with Crippen LogP contribution >= 0.6 is 0 Å². The van der Waals surface area contributed by atoms with Gasteiger partial charge in [-0.25, -0.2) is 0 Å². The van der Waals surface area contributed by atoms with Crippen molar-refractivity contribution in [2.75, 3.05) is 14.2 Å². The number of ether oxygens (including phenoxy) is 2. The molecule has 2 heteroatoms. The molecule has 2 rings (SSSR count). The molecule has 0 radical (unpaired) electrons. The van der Waals surface area contributed by atoms with Crippen molar-refractivity contribution >= 4 is 10.8 Å². The highest BCUT2D eigenvalue weighted by Crippen LogP contribution is 2.40. The quantitative estimate of drug-likeness (QED) is 0.544. The molecular weight excluding hydrogens is 308 g/mol. The summed E-state index contributed by atoms with van der Waals surface area (Å²) in [4.78, 5) is 0. The molecule has 134 valence electrons. The van der Waals surface area contributed by atoms with Gasteiger partial charge in [-0.05, 0) is 52.5 Å². The van der Waals surface area contributed by atoms with Gasteiger partial charge >= 0.3 is 0 Å². The van der Waals surface area contributed by atoms with E-state index in [4.69, 9.17) is 9.47 Å². The van der Waals surface area contributed by atoms with E-state index in [2.05, 4.69) is 52.0 Å². The third kappa shape index (κ3) is 4.45. The summed E-state index contributed by atoms with van der Waals surface area (Å²) in [6.07, 6.45) is 7.66. The lowest BCUT2D eigenvalue weighted by Gasteiger charge is -2.18. The Bertz CT molecular complexity index is 793. The van der Waals surface area contributed by atoms with Crippen LogP contribution in [0.5, 0.6) is 11.5 Å². The van der Waals surface area contributed by atoms with Gasteiger partial charge in [0, 0.05) is 16.3 Å². The largest absolute Gasteiger partial charge is 0.496 e. The van der Waals surface area contributed by atoms with Crippen molar-refractivity contribution < 1.29 is 9.47 Å². The molecule has 0 amide bonds. The second kappa shape index (κ2) is 8.75. The Morgan fingerprint density at radius 3 is 2.08 bits per heavy atom. The van der Waals surface area contributed by atoms with Crippen molar-refractivity contribution in [2.24, 2.45) is 0 Å². The fourth-order valence-electron chi connectivity index (χ4n) is 3.26. The Hall–Kier alpha value is -2.22. The first-order valence-corrected chi connectivity index (χ1v) is 8.90. The van der Waals surface area contributed by atoms with Crippen LogP contribution in [0.3, 0.4) is 0 Å². The lowest BCUT2D eigenvalue weighted by atomic mass is 9.95. The summed E-state index contributed by atoms with van der Waals surface area (Å²) < 4.78 is 11.5. The molecule has 0 aliphatic carbocycles. The summed E-state index contributed by atoms with van der Waals surface area (Å²) in [5.41, 5.74) is 5.15. The molecule has 0 fully saturated rings. The van der Waals surface area contributed by atoms with Crippen molar-refractivity contribution in [3.63, 3.8) is 0 Å². The maximum absolute atomic E-state index is 5.79. The molecule has 2 nitrogen and oxygen atoms in total. The lowest BCUT2D eigenvalue weighted by Crippen LogP contribution is -2.00. The van der Waals surface area contributed by atoms with Gasteiger partial charge in [-0.3, -0.25) is 0 Å². The zero-order valence-electron chi connectivity index (χ0n) is 16.4. The average molecular weight is 338 g/mol. The van der Waals surface area contributed by atoms with Crippen LogP contribution in [0.25, 0.3) is 10.8 Å². The molecule has 0 unspecified atom stereocenters. The summed E-state index contributed by atoms with van der Waals surface area (Å²) in [6.45, 7) is 8.62. The van der Waals surface area contributed by atoms with Gasteiger partial charge in [0.2, 0.25) is 0 Å². The Morgan fingerprint density at radius 1 is 0.920 bits per heavy atom. The summed E-state index contributed by atoms with van der Waals surface area (Å²) >= 11 is 0. The number of rotatable bonds is 7. The van der Waals surface area contributed by atoms with Crippen molar-refractivity contribution in [3.8, 4) is 11.5 Å². The first kappa shape index (κ1) is 19.1. The minimum atomic E-state index is 0.858. The molecule has 2 aromatic rings. The first-order valence-electron chi connectivity index (χ1n) is 8.90. The lowest BCUT2D eigenvalue weighted by molar-refractivity contribution is 0.404. The molecule has 0 N–H and O–H groups in total. The molecule has 0 spiro atoms. The summed E-state index contributed by atoms with van der Waals surface area (Å²) in [5, 5.41) is 2.21. The van der Waals surface area contributed by atoms with E-state index in [0.717, 1.165) is 47.1 Å². The predicted octanol–water partition coefficient (Wildman–Crippen LogP) is 6.40. The number of allylic oxidation sites excluding steroid dienone is 4. The number of fused-ring (bicyclic) bond motifs is 1. The van der Waals surface area contributed by atoms with E-state index in [1.165, 1.54) is 16.7 Å². The van der Waals surface area contributed by atoms with Gasteiger partial charge in [0.1, 0.15) is 11.5 Å². The van der Waals surface area contributed by atoms with E-state index in [1.54, 1.807) is 14.2 Å². The van der Waals surface area contributed by atoms with Crippen molar-refractivity contribution in [2.45, 2.75) is 47.0 Å². The van der Waals surface area contributed by atoms with Crippen LogP contribution in [-0.2, 0) is 6.42 Å². The molecule has 0 saturated heterocycles. The van der Waals surface area contributed by atoms with Gasteiger partial charge in [0.05, 0.1) is 14.2 Å². The summed E-state index contributed by atoms with van der Waals surface area (Å²) in [6, 6.07) is 8.28. The maximum Gasteiger partial charge on any atom is 0.130 e. The standard InChI is InChI=1S/C23H30O2/c1-16(2)10-9-11-17(3)14-15-19-18(4)22(24-5)20-12-7-8-13-21(20)23(19)25-6/h7-8,10,12-14H,9,11,15H2,1-6H3/b17-14-. The van der Waals surface area contributed by atoms with Crippen LogP contribution in [0.4, 0.5) is 0 Å². The second-order valence-corrected chi connectivity index (χ2v) is 6.79. The summed E-state index contributed by atoms with van der Waals surface area (Å²) in [5.74, 6) is 1.91. The van der Waals surface area contributed by atoms with E-state index < -0.39 is 0 Å². The monoisotopic (exact) mass is 338 g/mol. The molecule has 0 aliphatic rings. The van der Waals surface area contributed by atoms with Crippen LogP contribution in [0.2, 0.25) is 0 Å². The Balaban J connectivity index is 2.40.